The lowest BCUT2D eigenvalue weighted by Gasteiger charge is -2.34. The molecule has 0 aromatic carbocycles. The van der Waals surface area contributed by atoms with E-state index in [4.69, 9.17) is 14.9 Å². The summed E-state index contributed by atoms with van der Waals surface area (Å²) in [6.07, 6.45) is 0. The number of carboxylic acids is 1. The van der Waals surface area contributed by atoms with E-state index in [1.54, 1.807) is 4.90 Å². The number of hydrogen-bond donors (Lipinski definition) is 2. The number of piperazine rings is 1. The highest BCUT2D eigenvalue weighted by Crippen LogP contribution is 2.01. The van der Waals surface area contributed by atoms with E-state index in [9.17, 15) is 9.59 Å². The van der Waals surface area contributed by atoms with Crippen molar-refractivity contribution in [1.82, 2.24) is 9.80 Å². The van der Waals surface area contributed by atoms with Crippen molar-refractivity contribution >= 4 is 11.9 Å². The van der Waals surface area contributed by atoms with E-state index in [1.165, 1.54) is 0 Å². The van der Waals surface area contributed by atoms with E-state index < -0.39 is 12.6 Å². The van der Waals surface area contributed by atoms with Gasteiger partial charge in [0.25, 0.3) is 0 Å². The number of β-amino-alcohol motifs (C(OH)–C–C–N with tert-alkyl or cyclic N) is 1. The Morgan fingerprint density at radius 3 is 2.29 bits per heavy atom. The molecule has 0 aromatic rings. The molecule has 0 radical (unpaired) electrons. The van der Waals surface area contributed by atoms with Crippen molar-refractivity contribution in [3.63, 3.8) is 0 Å². The standard InChI is InChI=1S/C10H18N2O5/c13-6-5-11-1-3-12(4-2-11)9(14)7-17-8-10(15)16/h13H,1-8H2,(H,15,16). The third-order valence-electron chi connectivity index (χ3n) is 2.59. The van der Waals surface area contributed by atoms with Crippen molar-refractivity contribution in [2.24, 2.45) is 0 Å². The molecule has 0 aromatic heterocycles. The van der Waals surface area contributed by atoms with Crippen molar-refractivity contribution < 1.29 is 24.5 Å². The fourth-order valence-electron chi connectivity index (χ4n) is 1.68. The van der Waals surface area contributed by atoms with Crippen LogP contribution in [0.4, 0.5) is 0 Å². The van der Waals surface area contributed by atoms with Crippen LogP contribution >= 0.6 is 0 Å². The lowest BCUT2D eigenvalue weighted by molar-refractivity contribution is -0.146. The van der Waals surface area contributed by atoms with E-state index in [0.717, 1.165) is 13.1 Å². The lowest BCUT2D eigenvalue weighted by Crippen LogP contribution is -2.50. The minimum Gasteiger partial charge on any atom is -0.480 e. The molecule has 0 spiro atoms. The van der Waals surface area contributed by atoms with Gasteiger partial charge < -0.3 is 19.8 Å². The number of hydrogen-bond acceptors (Lipinski definition) is 5. The monoisotopic (exact) mass is 246 g/mol. The summed E-state index contributed by atoms with van der Waals surface area (Å²) in [4.78, 5) is 25.5. The average molecular weight is 246 g/mol. The van der Waals surface area contributed by atoms with Gasteiger partial charge in [-0.25, -0.2) is 4.79 Å². The van der Waals surface area contributed by atoms with Crippen molar-refractivity contribution in [3.8, 4) is 0 Å². The largest absolute Gasteiger partial charge is 0.480 e. The molecule has 1 saturated heterocycles. The molecule has 1 aliphatic heterocycles. The number of nitrogens with zero attached hydrogens (tertiary/aromatic N) is 2. The van der Waals surface area contributed by atoms with Crippen LogP contribution in [0.15, 0.2) is 0 Å². The first kappa shape index (κ1) is 13.9. The number of rotatable bonds is 6. The van der Waals surface area contributed by atoms with Gasteiger partial charge in [-0.1, -0.05) is 0 Å². The van der Waals surface area contributed by atoms with Crippen LogP contribution in [0.5, 0.6) is 0 Å². The Bertz CT molecular complexity index is 263. The molecular weight excluding hydrogens is 228 g/mol. The van der Waals surface area contributed by atoms with Gasteiger partial charge in [-0.2, -0.15) is 0 Å². The van der Waals surface area contributed by atoms with Crippen LogP contribution in [0.1, 0.15) is 0 Å². The van der Waals surface area contributed by atoms with Crippen molar-refractivity contribution in [1.29, 1.82) is 0 Å². The van der Waals surface area contributed by atoms with Gasteiger partial charge in [-0.3, -0.25) is 9.69 Å². The Balaban J connectivity index is 2.19. The van der Waals surface area contributed by atoms with Gasteiger partial charge in [0.05, 0.1) is 6.61 Å². The number of carbonyl (C=O) groups excluding carboxylic acids is 1. The molecule has 17 heavy (non-hydrogen) atoms. The summed E-state index contributed by atoms with van der Waals surface area (Å²) in [7, 11) is 0. The van der Waals surface area contributed by atoms with Crippen LogP contribution in [0.2, 0.25) is 0 Å². The Morgan fingerprint density at radius 1 is 1.12 bits per heavy atom. The van der Waals surface area contributed by atoms with Crippen LogP contribution in [0.25, 0.3) is 0 Å². The number of aliphatic hydroxyl groups is 1. The molecule has 1 amide bonds. The molecule has 0 atom stereocenters. The highest BCUT2D eigenvalue weighted by atomic mass is 16.5. The van der Waals surface area contributed by atoms with E-state index in [-0.39, 0.29) is 19.1 Å². The minimum atomic E-state index is -1.08. The summed E-state index contributed by atoms with van der Waals surface area (Å²) in [5.41, 5.74) is 0. The molecule has 0 aliphatic carbocycles. The molecule has 1 aliphatic rings. The van der Waals surface area contributed by atoms with Gasteiger partial charge in [0.15, 0.2) is 0 Å². The first-order valence-electron chi connectivity index (χ1n) is 5.54. The second-order valence-corrected chi connectivity index (χ2v) is 3.83. The summed E-state index contributed by atoms with van der Waals surface area (Å²) in [6, 6.07) is 0. The van der Waals surface area contributed by atoms with Crippen LogP contribution < -0.4 is 0 Å². The van der Waals surface area contributed by atoms with Gasteiger partial charge in [0, 0.05) is 32.7 Å². The zero-order chi connectivity index (χ0) is 12.7. The van der Waals surface area contributed by atoms with Gasteiger partial charge in [-0.15, -0.1) is 0 Å². The fourth-order valence-corrected chi connectivity index (χ4v) is 1.68. The lowest BCUT2D eigenvalue weighted by atomic mass is 10.3. The Morgan fingerprint density at radius 2 is 1.76 bits per heavy atom. The van der Waals surface area contributed by atoms with Gasteiger partial charge in [0.1, 0.15) is 13.2 Å². The molecule has 2 N–H and O–H groups in total. The summed E-state index contributed by atoms with van der Waals surface area (Å²) in [5, 5.41) is 17.1. The van der Waals surface area contributed by atoms with Gasteiger partial charge in [0.2, 0.25) is 5.91 Å². The number of aliphatic hydroxyl groups excluding tert-OH is 1. The number of carboxylic acid groups (broad SMARTS) is 1. The van der Waals surface area contributed by atoms with E-state index in [1.807, 2.05) is 0 Å². The normalized spacial score (nSPS) is 17.1. The first-order chi connectivity index (χ1) is 8.13. The summed E-state index contributed by atoms with van der Waals surface area (Å²) >= 11 is 0. The molecule has 1 heterocycles. The third-order valence-corrected chi connectivity index (χ3v) is 2.59. The third kappa shape index (κ3) is 5.12. The van der Waals surface area contributed by atoms with Crippen LogP contribution in [-0.2, 0) is 14.3 Å². The number of amides is 1. The molecule has 0 unspecified atom stereocenters. The molecular formula is C10H18N2O5. The van der Waals surface area contributed by atoms with Crippen molar-refractivity contribution in [3.05, 3.63) is 0 Å². The molecule has 1 rings (SSSR count). The van der Waals surface area contributed by atoms with Crippen molar-refractivity contribution in [2.75, 3.05) is 52.5 Å². The first-order valence-corrected chi connectivity index (χ1v) is 5.54. The van der Waals surface area contributed by atoms with Gasteiger partial charge >= 0.3 is 5.97 Å². The number of aliphatic carboxylic acids is 1. The Hall–Kier alpha value is -1.18. The zero-order valence-corrected chi connectivity index (χ0v) is 9.67. The Labute approximate surface area is 99.6 Å². The smallest absolute Gasteiger partial charge is 0.329 e. The average Bonchev–Trinajstić information content (AvgIpc) is 2.30. The molecule has 7 nitrogen and oxygen atoms in total. The Kier molecular flexibility index (Phi) is 5.88. The maximum Gasteiger partial charge on any atom is 0.329 e. The molecule has 7 heteroatoms. The van der Waals surface area contributed by atoms with Crippen molar-refractivity contribution in [2.45, 2.75) is 0 Å². The van der Waals surface area contributed by atoms with Crippen LogP contribution in [-0.4, -0.2) is 84.4 Å². The highest BCUT2D eigenvalue weighted by Gasteiger charge is 2.20. The molecule has 0 bridgehead atoms. The summed E-state index contributed by atoms with van der Waals surface area (Å²) in [5.74, 6) is -1.26. The topological polar surface area (TPSA) is 90.3 Å². The maximum absolute atomic E-state index is 11.6. The minimum absolute atomic E-state index is 0.121. The van der Waals surface area contributed by atoms with E-state index in [0.29, 0.717) is 19.6 Å². The van der Waals surface area contributed by atoms with Gasteiger partial charge in [-0.05, 0) is 0 Å². The predicted molar refractivity (Wildman–Crippen MR) is 58.6 cm³/mol. The van der Waals surface area contributed by atoms with E-state index in [2.05, 4.69) is 4.90 Å². The van der Waals surface area contributed by atoms with Crippen LogP contribution in [0, 0.1) is 0 Å². The molecule has 1 fully saturated rings. The maximum atomic E-state index is 11.6. The molecule has 98 valence electrons. The second kappa shape index (κ2) is 7.21. The predicted octanol–water partition coefficient (Wildman–Crippen LogP) is -1.78. The highest BCUT2D eigenvalue weighted by molar-refractivity contribution is 5.78. The SMILES string of the molecule is O=C(O)COCC(=O)N1CCN(CCO)CC1. The summed E-state index contributed by atoms with van der Waals surface area (Å²) in [6.45, 7) is 2.75. The number of ether oxygens (including phenoxy) is 1. The quantitative estimate of drug-likeness (QED) is 0.576. The zero-order valence-electron chi connectivity index (χ0n) is 9.67. The summed E-state index contributed by atoms with van der Waals surface area (Å²) < 4.78 is 4.74. The van der Waals surface area contributed by atoms with E-state index >= 15 is 0 Å². The second-order valence-electron chi connectivity index (χ2n) is 3.83. The number of carbonyl (C=O) groups is 2. The fraction of sp³-hybridized carbons (Fsp3) is 0.800. The van der Waals surface area contributed by atoms with Crippen LogP contribution in [0.3, 0.4) is 0 Å². The molecule has 0 saturated carbocycles.